The molecule has 1 aliphatic carbocycles. The van der Waals surface area contributed by atoms with E-state index in [1.807, 2.05) is 29.2 Å². The third-order valence-corrected chi connectivity index (χ3v) is 3.57. The molecule has 0 atom stereocenters. The number of hydrogen-bond donors (Lipinski definition) is 0. The molecule has 1 aliphatic rings. The van der Waals surface area contributed by atoms with Crippen LogP contribution >= 0.6 is 11.6 Å². The van der Waals surface area contributed by atoms with Gasteiger partial charge in [0.05, 0.1) is 0 Å². The number of nitrogens with zero attached hydrogens (tertiary/aromatic N) is 1. The Morgan fingerprint density at radius 2 is 1.94 bits per heavy atom. The van der Waals surface area contributed by atoms with Crippen molar-refractivity contribution in [3.8, 4) is 0 Å². The Bertz CT molecular complexity index is 409. The molecule has 1 aromatic carbocycles. The summed E-state index contributed by atoms with van der Waals surface area (Å²) < 4.78 is 0. The molecule has 0 aromatic heterocycles. The summed E-state index contributed by atoms with van der Waals surface area (Å²) in [6.45, 7) is 4.96. The third kappa shape index (κ3) is 3.05. The van der Waals surface area contributed by atoms with Crippen molar-refractivity contribution in [3.05, 3.63) is 35.4 Å². The van der Waals surface area contributed by atoms with Crippen molar-refractivity contribution in [2.75, 3.05) is 12.4 Å². The van der Waals surface area contributed by atoms with Gasteiger partial charge in [0.15, 0.2) is 0 Å². The lowest BCUT2D eigenvalue weighted by Crippen LogP contribution is -2.34. The normalized spacial score (nSPS) is 14.9. The van der Waals surface area contributed by atoms with E-state index >= 15 is 0 Å². The van der Waals surface area contributed by atoms with Crippen molar-refractivity contribution in [2.24, 2.45) is 0 Å². The van der Waals surface area contributed by atoms with Gasteiger partial charge in [-0.3, -0.25) is 4.79 Å². The molecule has 3 heteroatoms. The molecule has 0 radical (unpaired) electrons. The van der Waals surface area contributed by atoms with E-state index in [4.69, 9.17) is 11.6 Å². The number of hydrogen-bond acceptors (Lipinski definition) is 1. The summed E-state index contributed by atoms with van der Waals surface area (Å²) >= 11 is 5.77. The van der Waals surface area contributed by atoms with Crippen LogP contribution in [0.15, 0.2) is 24.3 Å². The highest BCUT2D eigenvalue weighted by Gasteiger charge is 2.32. The number of benzene rings is 1. The van der Waals surface area contributed by atoms with Crippen molar-refractivity contribution in [1.82, 2.24) is 4.90 Å². The van der Waals surface area contributed by atoms with E-state index in [0.717, 1.165) is 18.4 Å². The number of carbonyl (C=O) groups is 1. The van der Waals surface area contributed by atoms with Gasteiger partial charge in [-0.2, -0.15) is 0 Å². The summed E-state index contributed by atoms with van der Waals surface area (Å²) in [6.07, 6.45) is 2.24. The summed E-state index contributed by atoms with van der Waals surface area (Å²) in [6, 6.07) is 8.37. The Labute approximate surface area is 114 Å². The highest BCUT2D eigenvalue weighted by Crippen LogP contribution is 2.28. The average molecular weight is 266 g/mol. The number of amides is 1. The molecular weight excluding hydrogens is 246 g/mol. The summed E-state index contributed by atoms with van der Waals surface area (Å²) in [4.78, 5) is 14.3. The van der Waals surface area contributed by atoms with E-state index in [1.54, 1.807) is 0 Å². The van der Waals surface area contributed by atoms with Gasteiger partial charge in [-0.05, 0) is 36.5 Å². The second-order valence-electron chi connectivity index (χ2n) is 5.20. The molecule has 1 aromatic rings. The number of rotatable bonds is 5. The number of carbonyl (C=O) groups excluding carboxylic acids is 1. The lowest BCUT2D eigenvalue weighted by atomic mass is 10.0. The van der Waals surface area contributed by atoms with Crippen LogP contribution in [0.25, 0.3) is 0 Å². The topological polar surface area (TPSA) is 20.3 Å². The molecule has 0 heterocycles. The van der Waals surface area contributed by atoms with Crippen LogP contribution in [-0.2, 0) is 0 Å². The SMILES string of the molecule is CC(C)c1ccc(C(=O)N(CCCl)C2CC2)cc1. The smallest absolute Gasteiger partial charge is 0.254 e. The molecule has 0 aliphatic heterocycles. The Morgan fingerprint density at radius 3 is 2.39 bits per heavy atom. The molecule has 0 unspecified atom stereocenters. The van der Waals surface area contributed by atoms with E-state index in [1.165, 1.54) is 5.56 Å². The zero-order chi connectivity index (χ0) is 13.1. The van der Waals surface area contributed by atoms with Crippen molar-refractivity contribution < 1.29 is 4.79 Å². The van der Waals surface area contributed by atoms with Crippen LogP contribution in [0.1, 0.15) is 48.5 Å². The van der Waals surface area contributed by atoms with E-state index in [-0.39, 0.29) is 5.91 Å². The van der Waals surface area contributed by atoms with Gasteiger partial charge in [-0.25, -0.2) is 0 Å². The second-order valence-corrected chi connectivity index (χ2v) is 5.57. The minimum Gasteiger partial charge on any atom is -0.334 e. The van der Waals surface area contributed by atoms with Crippen molar-refractivity contribution >= 4 is 17.5 Å². The molecule has 98 valence electrons. The molecule has 1 saturated carbocycles. The van der Waals surface area contributed by atoms with Gasteiger partial charge in [-0.15, -0.1) is 11.6 Å². The van der Waals surface area contributed by atoms with Crippen LogP contribution < -0.4 is 0 Å². The Hall–Kier alpha value is -1.02. The van der Waals surface area contributed by atoms with Gasteiger partial charge < -0.3 is 4.90 Å². The standard InChI is InChI=1S/C15H20ClNO/c1-11(2)12-3-5-13(6-4-12)15(18)17(10-9-16)14-7-8-14/h3-6,11,14H,7-10H2,1-2H3. The largest absolute Gasteiger partial charge is 0.334 e. The minimum absolute atomic E-state index is 0.119. The van der Waals surface area contributed by atoms with Crippen LogP contribution in [-0.4, -0.2) is 29.3 Å². The van der Waals surface area contributed by atoms with Gasteiger partial charge in [0.2, 0.25) is 0 Å². The zero-order valence-corrected chi connectivity index (χ0v) is 11.8. The molecular formula is C15H20ClNO. The first-order chi connectivity index (χ1) is 8.63. The maximum atomic E-state index is 12.4. The predicted molar refractivity (Wildman–Crippen MR) is 75.3 cm³/mol. The van der Waals surface area contributed by atoms with Crippen LogP contribution in [0.2, 0.25) is 0 Å². The summed E-state index contributed by atoms with van der Waals surface area (Å²) in [7, 11) is 0. The fourth-order valence-electron chi connectivity index (χ4n) is 2.10. The van der Waals surface area contributed by atoms with Crippen molar-refractivity contribution in [3.63, 3.8) is 0 Å². The quantitative estimate of drug-likeness (QED) is 0.744. The second kappa shape index (κ2) is 5.75. The zero-order valence-electron chi connectivity index (χ0n) is 11.0. The van der Waals surface area contributed by atoms with Crippen molar-refractivity contribution in [2.45, 2.75) is 38.6 Å². The highest BCUT2D eigenvalue weighted by atomic mass is 35.5. The monoisotopic (exact) mass is 265 g/mol. The maximum Gasteiger partial charge on any atom is 0.254 e. The predicted octanol–water partition coefficient (Wildman–Crippen LogP) is 3.65. The van der Waals surface area contributed by atoms with E-state index < -0.39 is 0 Å². The molecule has 0 bridgehead atoms. The Kier molecular flexibility index (Phi) is 4.28. The fourth-order valence-corrected chi connectivity index (χ4v) is 2.29. The van der Waals surface area contributed by atoms with Gasteiger partial charge in [0.25, 0.3) is 5.91 Å². The molecule has 1 fully saturated rings. The van der Waals surface area contributed by atoms with Crippen LogP contribution in [0.4, 0.5) is 0 Å². The van der Waals surface area contributed by atoms with E-state index in [9.17, 15) is 4.79 Å². The first-order valence-electron chi connectivity index (χ1n) is 6.60. The van der Waals surface area contributed by atoms with E-state index in [0.29, 0.717) is 24.4 Å². The van der Waals surface area contributed by atoms with Gasteiger partial charge in [0.1, 0.15) is 0 Å². The Morgan fingerprint density at radius 1 is 1.33 bits per heavy atom. The van der Waals surface area contributed by atoms with Crippen LogP contribution in [0, 0.1) is 0 Å². The third-order valence-electron chi connectivity index (χ3n) is 3.40. The lowest BCUT2D eigenvalue weighted by molar-refractivity contribution is 0.0753. The molecule has 18 heavy (non-hydrogen) atoms. The Balaban J connectivity index is 2.11. The van der Waals surface area contributed by atoms with Gasteiger partial charge in [-0.1, -0.05) is 26.0 Å². The molecule has 0 N–H and O–H groups in total. The molecule has 2 rings (SSSR count). The first-order valence-corrected chi connectivity index (χ1v) is 7.14. The summed E-state index contributed by atoms with van der Waals surface area (Å²) in [5.74, 6) is 1.12. The maximum absolute atomic E-state index is 12.4. The van der Waals surface area contributed by atoms with Crippen LogP contribution in [0.5, 0.6) is 0 Å². The molecule has 0 spiro atoms. The average Bonchev–Trinajstić information content (AvgIpc) is 3.19. The highest BCUT2D eigenvalue weighted by molar-refractivity contribution is 6.18. The fraction of sp³-hybridized carbons (Fsp3) is 0.533. The van der Waals surface area contributed by atoms with Crippen molar-refractivity contribution in [1.29, 1.82) is 0 Å². The number of alkyl halides is 1. The minimum atomic E-state index is 0.119. The molecule has 0 saturated heterocycles. The van der Waals surface area contributed by atoms with Gasteiger partial charge >= 0.3 is 0 Å². The van der Waals surface area contributed by atoms with Crippen LogP contribution in [0.3, 0.4) is 0 Å². The molecule has 1 amide bonds. The van der Waals surface area contributed by atoms with E-state index in [2.05, 4.69) is 13.8 Å². The first kappa shape index (κ1) is 13.4. The van der Waals surface area contributed by atoms with Gasteiger partial charge in [0, 0.05) is 24.0 Å². The summed E-state index contributed by atoms with van der Waals surface area (Å²) in [5, 5.41) is 0. The molecule has 2 nitrogen and oxygen atoms in total. The lowest BCUT2D eigenvalue weighted by Gasteiger charge is -2.21. The number of halogens is 1. The summed E-state index contributed by atoms with van der Waals surface area (Å²) in [5.41, 5.74) is 2.04.